The van der Waals surface area contributed by atoms with E-state index in [0.717, 1.165) is 16.6 Å². The van der Waals surface area contributed by atoms with Crippen molar-refractivity contribution in [1.82, 2.24) is 30.0 Å². The van der Waals surface area contributed by atoms with Crippen LogP contribution in [0, 0.1) is 0 Å². The predicted octanol–water partition coefficient (Wildman–Crippen LogP) is 3.21. The lowest BCUT2D eigenvalue weighted by molar-refractivity contribution is 0.00327. The number of nitrogens with zero attached hydrogens (tertiary/aromatic N) is 4. The molecule has 1 aromatic carbocycles. The van der Waals surface area contributed by atoms with Crippen molar-refractivity contribution < 1.29 is 14.3 Å². The van der Waals surface area contributed by atoms with Crippen LogP contribution in [0.5, 0.6) is 5.75 Å². The zero-order valence-electron chi connectivity index (χ0n) is 16.9. The lowest BCUT2D eigenvalue weighted by atomic mass is 10.2. The van der Waals surface area contributed by atoms with Crippen LogP contribution < -0.4 is 10.1 Å². The van der Waals surface area contributed by atoms with Crippen molar-refractivity contribution >= 4 is 55.3 Å². The first-order valence-corrected chi connectivity index (χ1v) is 10.5. The molecule has 31 heavy (non-hydrogen) atoms. The van der Waals surface area contributed by atoms with Gasteiger partial charge in [0.1, 0.15) is 29.2 Å². The average molecular weight is 486 g/mol. The van der Waals surface area contributed by atoms with E-state index >= 15 is 0 Å². The normalized spacial score (nSPS) is 16.7. The van der Waals surface area contributed by atoms with Crippen LogP contribution in [-0.2, 0) is 4.74 Å². The standard InChI is InChI=1S/C20H20BrN7O3/c1-10-8-31-4-3-28(10)20(29)17-16(21)15-18(22-9-23-19(15)26-17)25-13-5-11-7-24-27-12(11)6-14(13)30-2/h5-7,9-10H,3-4,8H2,1-2H3,(H,24,27)(H2,22,23,25,26)/t10-/m1/s1. The number of H-pyrrole nitrogens is 2. The molecule has 11 heteroatoms. The van der Waals surface area contributed by atoms with E-state index in [2.05, 4.69) is 46.4 Å². The molecule has 4 aromatic rings. The number of carbonyl (C=O) groups excluding carboxylic acids is 1. The molecule has 160 valence electrons. The average Bonchev–Trinajstić information content (AvgIpc) is 3.37. The van der Waals surface area contributed by atoms with Gasteiger partial charge in [-0.15, -0.1) is 0 Å². The fraction of sp³-hybridized carbons (Fsp3) is 0.300. The van der Waals surface area contributed by atoms with Gasteiger partial charge in [0.25, 0.3) is 5.91 Å². The van der Waals surface area contributed by atoms with E-state index in [4.69, 9.17) is 9.47 Å². The summed E-state index contributed by atoms with van der Waals surface area (Å²) in [5, 5.41) is 11.9. The molecule has 1 aliphatic heterocycles. The zero-order valence-corrected chi connectivity index (χ0v) is 18.5. The van der Waals surface area contributed by atoms with Gasteiger partial charge in [0.2, 0.25) is 0 Å². The zero-order chi connectivity index (χ0) is 21.5. The molecular weight excluding hydrogens is 466 g/mol. The van der Waals surface area contributed by atoms with Crippen molar-refractivity contribution in [2.24, 2.45) is 0 Å². The fourth-order valence-corrected chi connectivity index (χ4v) is 4.41. The number of rotatable bonds is 4. The molecule has 0 aliphatic carbocycles. The van der Waals surface area contributed by atoms with Gasteiger partial charge in [-0.1, -0.05) is 0 Å². The Labute approximate surface area is 185 Å². The van der Waals surface area contributed by atoms with E-state index in [1.165, 1.54) is 6.33 Å². The number of hydrogen-bond acceptors (Lipinski definition) is 7. The SMILES string of the molecule is COc1cc2[nH]ncc2cc1Nc1ncnc2[nH]c(C(=O)N3CCOC[C@H]3C)c(Br)c12. The van der Waals surface area contributed by atoms with Crippen molar-refractivity contribution in [3.8, 4) is 5.75 Å². The van der Waals surface area contributed by atoms with Gasteiger partial charge >= 0.3 is 0 Å². The number of benzene rings is 1. The highest BCUT2D eigenvalue weighted by atomic mass is 79.9. The van der Waals surface area contributed by atoms with Crippen LogP contribution in [0.25, 0.3) is 21.9 Å². The Morgan fingerprint density at radius 2 is 2.26 bits per heavy atom. The molecule has 0 spiro atoms. The topological polar surface area (TPSA) is 121 Å². The van der Waals surface area contributed by atoms with Gasteiger partial charge < -0.3 is 24.7 Å². The van der Waals surface area contributed by atoms with Crippen LogP contribution in [0.2, 0.25) is 0 Å². The number of amides is 1. The molecule has 1 atom stereocenters. The molecule has 1 amide bonds. The lowest BCUT2D eigenvalue weighted by Gasteiger charge is -2.33. The number of morpholine rings is 1. The highest BCUT2D eigenvalue weighted by Gasteiger charge is 2.29. The van der Waals surface area contributed by atoms with Crippen molar-refractivity contribution in [2.75, 3.05) is 32.2 Å². The third-order valence-corrected chi connectivity index (χ3v) is 6.18. The maximum Gasteiger partial charge on any atom is 0.271 e. The number of methoxy groups -OCH3 is 1. The molecule has 1 fully saturated rings. The maximum atomic E-state index is 13.2. The van der Waals surface area contributed by atoms with E-state index in [-0.39, 0.29) is 11.9 Å². The van der Waals surface area contributed by atoms with Crippen LogP contribution in [-0.4, -0.2) is 68.9 Å². The molecule has 3 N–H and O–H groups in total. The second-order valence-corrected chi connectivity index (χ2v) is 8.11. The summed E-state index contributed by atoms with van der Waals surface area (Å²) in [5.74, 6) is 1.07. The predicted molar refractivity (Wildman–Crippen MR) is 119 cm³/mol. The number of aromatic amines is 2. The number of nitrogens with one attached hydrogen (secondary N) is 3. The van der Waals surface area contributed by atoms with Crippen LogP contribution in [0.15, 0.2) is 29.1 Å². The fourth-order valence-electron chi connectivity index (χ4n) is 3.77. The highest BCUT2D eigenvalue weighted by molar-refractivity contribution is 9.10. The van der Waals surface area contributed by atoms with Crippen LogP contribution >= 0.6 is 15.9 Å². The number of halogens is 1. The number of ether oxygens (including phenoxy) is 2. The van der Waals surface area contributed by atoms with Crippen molar-refractivity contribution in [3.05, 3.63) is 34.8 Å². The third-order valence-electron chi connectivity index (χ3n) is 5.39. The van der Waals surface area contributed by atoms with Crippen molar-refractivity contribution in [3.63, 3.8) is 0 Å². The Morgan fingerprint density at radius 3 is 3.06 bits per heavy atom. The van der Waals surface area contributed by atoms with Crippen LogP contribution in [0.1, 0.15) is 17.4 Å². The Balaban J connectivity index is 1.56. The minimum absolute atomic E-state index is 0.00538. The molecule has 4 heterocycles. The van der Waals surface area contributed by atoms with Gasteiger partial charge in [-0.3, -0.25) is 9.89 Å². The van der Waals surface area contributed by atoms with E-state index in [1.54, 1.807) is 18.2 Å². The number of carbonyl (C=O) groups is 1. The molecule has 1 aliphatic rings. The second-order valence-electron chi connectivity index (χ2n) is 7.32. The lowest BCUT2D eigenvalue weighted by Crippen LogP contribution is -2.47. The maximum absolute atomic E-state index is 13.2. The van der Waals surface area contributed by atoms with Crippen molar-refractivity contribution in [1.29, 1.82) is 0 Å². The molecule has 0 saturated carbocycles. The molecule has 3 aromatic heterocycles. The first kappa shape index (κ1) is 19.8. The number of hydrogen-bond donors (Lipinski definition) is 3. The Kier molecular flexibility index (Phi) is 4.98. The molecule has 0 unspecified atom stereocenters. The first-order chi connectivity index (χ1) is 15.1. The van der Waals surface area contributed by atoms with Gasteiger partial charge in [-0.2, -0.15) is 5.10 Å². The molecule has 0 bridgehead atoms. The smallest absolute Gasteiger partial charge is 0.271 e. The molecule has 5 rings (SSSR count). The Bertz CT molecular complexity index is 1280. The summed E-state index contributed by atoms with van der Waals surface area (Å²) in [6.45, 7) is 3.56. The summed E-state index contributed by atoms with van der Waals surface area (Å²) in [4.78, 5) is 26.9. The van der Waals surface area contributed by atoms with Gasteiger partial charge in [-0.05, 0) is 28.9 Å². The number of fused-ring (bicyclic) bond motifs is 2. The molecule has 1 saturated heterocycles. The third kappa shape index (κ3) is 3.39. The van der Waals surface area contributed by atoms with Gasteiger partial charge in [-0.25, -0.2) is 9.97 Å². The quantitative estimate of drug-likeness (QED) is 0.405. The van der Waals surface area contributed by atoms with Gasteiger partial charge in [0.15, 0.2) is 0 Å². The summed E-state index contributed by atoms with van der Waals surface area (Å²) in [5.41, 5.74) is 2.58. The van der Waals surface area contributed by atoms with E-state index in [1.807, 2.05) is 19.1 Å². The number of aromatic nitrogens is 5. The van der Waals surface area contributed by atoms with E-state index in [9.17, 15) is 4.79 Å². The summed E-state index contributed by atoms with van der Waals surface area (Å²) < 4.78 is 11.6. The Hall–Kier alpha value is -3.18. The molecule has 10 nitrogen and oxygen atoms in total. The van der Waals surface area contributed by atoms with Crippen LogP contribution in [0.3, 0.4) is 0 Å². The largest absolute Gasteiger partial charge is 0.494 e. The Morgan fingerprint density at radius 1 is 1.39 bits per heavy atom. The summed E-state index contributed by atoms with van der Waals surface area (Å²) in [6, 6.07) is 3.78. The second kappa shape index (κ2) is 7.82. The minimum Gasteiger partial charge on any atom is -0.494 e. The monoisotopic (exact) mass is 485 g/mol. The van der Waals surface area contributed by atoms with E-state index in [0.29, 0.717) is 52.5 Å². The van der Waals surface area contributed by atoms with Crippen LogP contribution in [0.4, 0.5) is 11.5 Å². The van der Waals surface area contributed by atoms with Crippen molar-refractivity contribution in [2.45, 2.75) is 13.0 Å². The first-order valence-electron chi connectivity index (χ1n) is 9.76. The van der Waals surface area contributed by atoms with Gasteiger partial charge in [0.05, 0.1) is 53.6 Å². The minimum atomic E-state index is -0.107. The van der Waals surface area contributed by atoms with E-state index < -0.39 is 0 Å². The summed E-state index contributed by atoms with van der Waals surface area (Å²) >= 11 is 3.60. The highest BCUT2D eigenvalue weighted by Crippen LogP contribution is 2.37. The van der Waals surface area contributed by atoms with Gasteiger partial charge in [0, 0.05) is 18.0 Å². The molecule has 0 radical (unpaired) electrons. The molecular formula is C20H20BrN7O3. The summed E-state index contributed by atoms with van der Waals surface area (Å²) in [7, 11) is 1.60. The summed E-state index contributed by atoms with van der Waals surface area (Å²) in [6.07, 6.45) is 3.18. The number of anilines is 2.